The highest BCUT2D eigenvalue weighted by atomic mass is 19.1. The highest BCUT2D eigenvalue weighted by Crippen LogP contribution is 2.27. The summed E-state index contributed by atoms with van der Waals surface area (Å²) in [6.45, 7) is 7.58. The fourth-order valence-corrected chi connectivity index (χ4v) is 1.60. The molecule has 0 aliphatic heterocycles. The lowest BCUT2D eigenvalue weighted by atomic mass is 9.82. The highest BCUT2D eigenvalue weighted by molar-refractivity contribution is 5.36. The van der Waals surface area contributed by atoms with Crippen LogP contribution in [0, 0.1) is 19.7 Å². The SMILES string of the molecule is Cc1cc(C(C)(C)CO)c(C)cc1F. The smallest absolute Gasteiger partial charge is 0.126 e. The second-order valence-corrected chi connectivity index (χ2v) is 4.46. The molecule has 1 nitrogen and oxygen atoms in total. The van der Waals surface area contributed by atoms with E-state index in [1.165, 1.54) is 6.07 Å². The number of benzene rings is 1. The van der Waals surface area contributed by atoms with Crippen LogP contribution in [-0.2, 0) is 5.41 Å². The van der Waals surface area contributed by atoms with Crippen LogP contribution in [0.2, 0.25) is 0 Å². The minimum atomic E-state index is -0.303. The summed E-state index contributed by atoms with van der Waals surface area (Å²) in [6.07, 6.45) is 0. The van der Waals surface area contributed by atoms with Crippen LogP contribution in [-0.4, -0.2) is 11.7 Å². The molecule has 1 aromatic carbocycles. The van der Waals surface area contributed by atoms with E-state index in [2.05, 4.69) is 0 Å². The molecule has 0 aliphatic rings. The fraction of sp³-hybridized carbons (Fsp3) is 0.500. The molecular weight excluding hydrogens is 179 g/mol. The molecule has 78 valence electrons. The molecule has 0 aliphatic carbocycles. The van der Waals surface area contributed by atoms with Crippen molar-refractivity contribution in [3.8, 4) is 0 Å². The van der Waals surface area contributed by atoms with E-state index in [0.717, 1.165) is 11.1 Å². The zero-order valence-electron chi connectivity index (χ0n) is 9.19. The van der Waals surface area contributed by atoms with Gasteiger partial charge in [-0.25, -0.2) is 4.39 Å². The van der Waals surface area contributed by atoms with Crippen molar-refractivity contribution in [3.05, 3.63) is 34.6 Å². The predicted molar refractivity (Wildman–Crippen MR) is 56.0 cm³/mol. The molecule has 0 spiro atoms. The summed E-state index contributed by atoms with van der Waals surface area (Å²) < 4.78 is 13.2. The third kappa shape index (κ3) is 1.95. The molecule has 0 unspecified atom stereocenters. The summed E-state index contributed by atoms with van der Waals surface area (Å²) >= 11 is 0. The Bertz CT molecular complexity index is 342. The van der Waals surface area contributed by atoms with Crippen molar-refractivity contribution in [2.24, 2.45) is 0 Å². The van der Waals surface area contributed by atoms with Gasteiger partial charge >= 0.3 is 0 Å². The molecule has 0 aromatic heterocycles. The first-order valence-corrected chi connectivity index (χ1v) is 4.76. The van der Waals surface area contributed by atoms with E-state index >= 15 is 0 Å². The number of hydrogen-bond donors (Lipinski definition) is 1. The molecule has 0 atom stereocenters. The molecule has 0 bridgehead atoms. The number of aliphatic hydroxyl groups excluding tert-OH is 1. The van der Waals surface area contributed by atoms with Crippen molar-refractivity contribution in [3.63, 3.8) is 0 Å². The van der Waals surface area contributed by atoms with Crippen molar-refractivity contribution in [2.45, 2.75) is 33.1 Å². The summed E-state index contributed by atoms with van der Waals surface area (Å²) in [5.74, 6) is -0.181. The van der Waals surface area contributed by atoms with Crippen molar-refractivity contribution in [1.29, 1.82) is 0 Å². The van der Waals surface area contributed by atoms with E-state index < -0.39 is 0 Å². The maximum absolute atomic E-state index is 13.2. The number of aliphatic hydroxyl groups is 1. The Hall–Kier alpha value is -0.890. The lowest BCUT2D eigenvalue weighted by Crippen LogP contribution is -2.23. The average molecular weight is 196 g/mol. The third-order valence-corrected chi connectivity index (χ3v) is 2.63. The van der Waals surface area contributed by atoms with Crippen molar-refractivity contribution in [1.82, 2.24) is 0 Å². The molecule has 0 heterocycles. The molecular formula is C12H17FO. The first-order chi connectivity index (χ1) is 6.38. The van der Waals surface area contributed by atoms with E-state index in [9.17, 15) is 9.50 Å². The molecule has 0 fully saturated rings. The molecule has 14 heavy (non-hydrogen) atoms. The van der Waals surface area contributed by atoms with Crippen LogP contribution in [0.3, 0.4) is 0 Å². The fourth-order valence-electron chi connectivity index (χ4n) is 1.60. The van der Waals surface area contributed by atoms with E-state index in [-0.39, 0.29) is 17.8 Å². The largest absolute Gasteiger partial charge is 0.395 e. The summed E-state index contributed by atoms with van der Waals surface area (Å²) in [4.78, 5) is 0. The Morgan fingerprint density at radius 3 is 2.29 bits per heavy atom. The van der Waals surface area contributed by atoms with Crippen LogP contribution in [0.5, 0.6) is 0 Å². The molecule has 1 rings (SSSR count). The maximum atomic E-state index is 13.2. The van der Waals surface area contributed by atoms with Gasteiger partial charge in [-0.15, -0.1) is 0 Å². The second-order valence-electron chi connectivity index (χ2n) is 4.46. The van der Waals surface area contributed by atoms with E-state index in [0.29, 0.717) is 5.56 Å². The first-order valence-electron chi connectivity index (χ1n) is 4.76. The van der Waals surface area contributed by atoms with Crippen LogP contribution >= 0.6 is 0 Å². The molecule has 1 aromatic rings. The third-order valence-electron chi connectivity index (χ3n) is 2.63. The van der Waals surface area contributed by atoms with Gasteiger partial charge in [-0.3, -0.25) is 0 Å². The summed E-state index contributed by atoms with van der Waals surface area (Å²) in [6, 6.07) is 3.35. The van der Waals surface area contributed by atoms with Gasteiger partial charge in [-0.2, -0.15) is 0 Å². The summed E-state index contributed by atoms with van der Waals surface area (Å²) in [5.41, 5.74) is 2.24. The van der Waals surface area contributed by atoms with Gasteiger partial charge < -0.3 is 5.11 Å². The summed E-state index contributed by atoms with van der Waals surface area (Å²) in [5, 5.41) is 9.24. The maximum Gasteiger partial charge on any atom is 0.126 e. The molecule has 2 heteroatoms. The minimum absolute atomic E-state index is 0.0684. The van der Waals surface area contributed by atoms with Gasteiger partial charge in [0.25, 0.3) is 0 Å². The Morgan fingerprint density at radius 2 is 1.79 bits per heavy atom. The van der Waals surface area contributed by atoms with E-state index in [1.54, 1.807) is 6.92 Å². The quantitative estimate of drug-likeness (QED) is 0.771. The second kappa shape index (κ2) is 3.70. The van der Waals surface area contributed by atoms with Crippen molar-refractivity contribution in [2.75, 3.05) is 6.61 Å². The average Bonchev–Trinajstić information content (AvgIpc) is 2.11. The zero-order valence-corrected chi connectivity index (χ0v) is 9.19. The van der Waals surface area contributed by atoms with Crippen LogP contribution in [0.15, 0.2) is 12.1 Å². The van der Waals surface area contributed by atoms with Gasteiger partial charge in [0.15, 0.2) is 0 Å². The van der Waals surface area contributed by atoms with Crippen LogP contribution in [0.4, 0.5) is 4.39 Å². The Morgan fingerprint density at radius 1 is 1.21 bits per heavy atom. The van der Waals surface area contributed by atoms with Gasteiger partial charge in [0.2, 0.25) is 0 Å². The normalized spacial score (nSPS) is 11.9. The number of rotatable bonds is 2. The predicted octanol–water partition coefficient (Wildman–Crippen LogP) is 2.71. The Kier molecular flexibility index (Phi) is 2.95. The Labute approximate surface area is 84.6 Å². The van der Waals surface area contributed by atoms with Gasteiger partial charge in [-0.05, 0) is 36.6 Å². The van der Waals surface area contributed by atoms with E-state index in [4.69, 9.17) is 0 Å². The van der Waals surface area contributed by atoms with Gasteiger partial charge in [-0.1, -0.05) is 19.9 Å². The van der Waals surface area contributed by atoms with Crippen molar-refractivity contribution >= 4 is 0 Å². The first kappa shape index (κ1) is 11.2. The molecule has 1 N–H and O–H groups in total. The van der Waals surface area contributed by atoms with Gasteiger partial charge in [0.1, 0.15) is 5.82 Å². The van der Waals surface area contributed by atoms with Gasteiger partial charge in [0, 0.05) is 5.41 Å². The summed E-state index contributed by atoms with van der Waals surface area (Å²) in [7, 11) is 0. The number of aryl methyl sites for hydroxylation is 2. The van der Waals surface area contributed by atoms with Crippen molar-refractivity contribution < 1.29 is 9.50 Å². The molecule has 0 radical (unpaired) electrons. The highest BCUT2D eigenvalue weighted by Gasteiger charge is 2.22. The zero-order chi connectivity index (χ0) is 10.9. The lowest BCUT2D eigenvalue weighted by Gasteiger charge is -2.25. The van der Waals surface area contributed by atoms with Crippen LogP contribution < -0.4 is 0 Å². The molecule has 0 amide bonds. The lowest BCUT2D eigenvalue weighted by molar-refractivity contribution is 0.218. The van der Waals surface area contributed by atoms with Gasteiger partial charge in [0.05, 0.1) is 6.61 Å². The molecule has 0 saturated heterocycles. The van der Waals surface area contributed by atoms with Crippen LogP contribution in [0.1, 0.15) is 30.5 Å². The molecule has 0 saturated carbocycles. The Balaban J connectivity index is 3.29. The minimum Gasteiger partial charge on any atom is -0.395 e. The number of halogens is 1. The number of hydrogen-bond acceptors (Lipinski definition) is 1. The topological polar surface area (TPSA) is 20.2 Å². The van der Waals surface area contributed by atoms with Crippen LogP contribution in [0.25, 0.3) is 0 Å². The standard InChI is InChI=1S/C12H17FO/c1-8-6-11(13)9(2)5-10(8)12(3,4)7-14/h5-6,14H,7H2,1-4H3. The monoisotopic (exact) mass is 196 g/mol. The van der Waals surface area contributed by atoms with E-state index in [1.807, 2.05) is 26.8 Å².